The molecule has 0 saturated heterocycles. The van der Waals surface area contributed by atoms with Crippen molar-refractivity contribution in [2.75, 3.05) is 0 Å². The Kier molecular flexibility index (Phi) is 8.44. The minimum absolute atomic E-state index is 0. The van der Waals surface area contributed by atoms with Gasteiger partial charge in [0.05, 0.1) is 5.75 Å². The van der Waals surface area contributed by atoms with Crippen molar-refractivity contribution in [1.29, 1.82) is 0 Å². The molecule has 0 aromatic heterocycles. The molecule has 0 fully saturated rings. The number of Topliss-reactive ketones (excluding diaryl/α,β-unsaturated/α-hetero) is 1. The van der Waals surface area contributed by atoms with Gasteiger partial charge in [-0.2, -0.15) is 24.3 Å². The third-order valence-corrected chi connectivity index (χ3v) is 2.69. The van der Waals surface area contributed by atoms with Crippen LogP contribution in [0.1, 0.15) is 24.2 Å². The topological polar surface area (TPSA) is 46.5 Å². The summed E-state index contributed by atoms with van der Waals surface area (Å²) in [5.74, 6) is -0.0644. The molecule has 0 bridgehead atoms. The fraction of sp³-hybridized carbons (Fsp3) is 0.214. The van der Waals surface area contributed by atoms with Gasteiger partial charge in [0.2, 0.25) is 0 Å². The number of rotatable bonds is 3. The van der Waals surface area contributed by atoms with E-state index >= 15 is 0 Å². The average molecular weight is 323 g/mol. The van der Waals surface area contributed by atoms with E-state index in [4.69, 9.17) is 16.9 Å². The molecule has 0 aliphatic rings. The van der Waals surface area contributed by atoms with Gasteiger partial charge in [-0.1, -0.05) is 13.8 Å². The molecule has 0 atom stereocenters. The van der Waals surface area contributed by atoms with E-state index in [1.807, 2.05) is 30.3 Å². The van der Waals surface area contributed by atoms with Gasteiger partial charge in [0.1, 0.15) is 5.78 Å². The van der Waals surface area contributed by atoms with Gasteiger partial charge in [0, 0.05) is 5.92 Å². The molecule has 0 unspecified atom stereocenters. The second-order valence-electron chi connectivity index (χ2n) is 4.00. The molecular formula is C14H15ClFeO3. The molecule has 5 heteroatoms. The van der Waals surface area contributed by atoms with Gasteiger partial charge >= 0.3 is 17.1 Å². The second kappa shape index (κ2) is 8.94. The van der Waals surface area contributed by atoms with Gasteiger partial charge in [-0.25, -0.2) is 17.4 Å². The first kappa shape index (κ1) is 17.9. The van der Waals surface area contributed by atoms with Crippen LogP contribution in [0, 0.1) is 5.92 Å². The van der Waals surface area contributed by atoms with Crippen LogP contribution in [-0.2, 0) is 17.1 Å². The van der Waals surface area contributed by atoms with Crippen LogP contribution in [0.5, 0.6) is 5.75 Å². The van der Waals surface area contributed by atoms with Crippen LogP contribution >= 0.6 is 11.6 Å². The van der Waals surface area contributed by atoms with Gasteiger partial charge in [-0.05, 0) is 5.02 Å². The third kappa shape index (κ3) is 5.21. The molecule has 0 amide bonds. The summed E-state index contributed by atoms with van der Waals surface area (Å²) in [5, 5.41) is 8.52. The van der Waals surface area contributed by atoms with Crippen LogP contribution in [0.15, 0.2) is 42.5 Å². The molecular weight excluding hydrogens is 307 g/mol. The van der Waals surface area contributed by atoms with Crippen LogP contribution in [0.2, 0.25) is 5.02 Å². The van der Waals surface area contributed by atoms with Crippen LogP contribution in [-0.4, -0.2) is 11.0 Å². The largest absolute Gasteiger partial charge is 2.00 e. The molecule has 2 aromatic rings. The first-order valence-electron chi connectivity index (χ1n) is 5.55. The van der Waals surface area contributed by atoms with Gasteiger partial charge < -0.3 is 9.68 Å². The Labute approximate surface area is 128 Å². The Bertz CT molecular complexity index is 458. The SMILES string of the molecule is CC(C)C(=O)c1cc[c-](OO)c1Cl.[Fe+2].c1cc[cH-]c1. The molecule has 0 saturated carbocycles. The predicted octanol–water partition coefficient (Wildman–Crippen LogP) is 4.15. The summed E-state index contributed by atoms with van der Waals surface area (Å²) in [6.45, 7) is 3.57. The van der Waals surface area contributed by atoms with Crippen molar-refractivity contribution in [3.8, 4) is 5.75 Å². The quantitative estimate of drug-likeness (QED) is 0.303. The normalized spacial score (nSPS) is 9.32. The predicted molar refractivity (Wildman–Crippen MR) is 71.5 cm³/mol. The Morgan fingerprint density at radius 3 is 2.32 bits per heavy atom. The summed E-state index contributed by atoms with van der Waals surface area (Å²) in [6.07, 6.45) is 0. The van der Waals surface area contributed by atoms with Crippen molar-refractivity contribution in [3.05, 3.63) is 53.1 Å². The smallest absolute Gasteiger partial charge is 0.402 e. The summed E-state index contributed by atoms with van der Waals surface area (Å²) in [7, 11) is 0. The van der Waals surface area contributed by atoms with Gasteiger partial charge in [-0.3, -0.25) is 0 Å². The van der Waals surface area contributed by atoms with E-state index in [-0.39, 0.29) is 39.5 Å². The Hall–Kier alpha value is -1.06. The minimum atomic E-state index is -0.119. The summed E-state index contributed by atoms with van der Waals surface area (Å²) in [4.78, 5) is 15.4. The molecule has 0 aliphatic carbocycles. The zero-order chi connectivity index (χ0) is 13.5. The molecule has 104 valence electrons. The van der Waals surface area contributed by atoms with Crippen LogP contribution in [0.4, 0.5) is 0 Å². The number of hydrogen-bond acceptors (Lipinski definition) is 3. The molecule has 0 aliphatic heterocycles. The fourth-order valence-electron chi connectivity index (χ4n) is 1.33. The molecule has 3 nitrogen and oxygen atoms in total. The van der Waals surface area contributed by atoms with Gasteiger partial charge in [0.25, 0.3) is 0 Å². The van der Waals surface area contributed by atoms with E-state index in [2.05, 4.69) is 4.89 Å². The molecule has 2 aromatic carbocycles. The second-order valence-corrected chi connectivity index (χ2v) is 4.38. The Balaban J connectivity index is 0.000000454. The van der Waals surface area contributed by atoms with E-state index in [0.29, 0.717) is 5.56 Å². The minimum Gasteiger partial charge on any atom is -0.402 e. The van der Waals surface area contributed by atoms with Crippen LogP contribution in [0.25, 0.3) is 0 Å². The zero-order valence-electron chi connectivity index (χ0n) is 10.6. The standard InChI is InChI=1S/C9H10ClO3.C5H5.Fe/c1-5(2)9(11)6-3-4-7(13-12)8(6)10;1-2-4-5-3-1;/h3-5,12H,1-2H3;1-5H;/q2*-1;+2. The van der Waals surface area contributed by atoms with Crippen LogP contribution < -0.4 is 4.89 Å². The first-order valence-corrected chi connectivity index (χ1v) is 5.93. The van der Waals surface area contributed by atoms with E-state index < -0.39 is 0 Å². The zero-order valence-corrected chi connectivity index (χ0v) is 12.5. The van der Waals surface area contributed by atoms with Crippen LogP contribution in [0.3, 0.4) is 0 Å². The van der Waals surface area contributed by atoms with Crippen molar-refractivity contribution in [1.82, 2.24) is 0 Å². The number of ketones is 1. The number of halogens is 1. The monoisotopic (exact) mass is 322 g/mol. The maximum atomic E-state index is 11.5. The number of carbonyl (C=O) groups is 1. The molecule has 0 spiro atoms. The average Bonchev–Trinajstić information content (AvgIpc) is 3.00. The maximum Gasteiger partial charge on any atom is 2.00 e. The molecule has 2 rings (SSSR count). The summed E-state index contributed by atoms with van der Waals surface area (Å²) in [5.41, 5.74) is 0.390. The number of carbonyl (C=O) groups excluding carboxylic acids is 1. The summed E-state index contributed by atoms with van der Waals surface area (Å²) in [6, 6.07) is 13.0. The van der Waals surface area contributed by atoms with E-state index in [9.17, 15) is 4.79 Å². The van der Waals surface area contributed by atoms with Crippen molar-refractivity contribution < 1.29 is 32.0 Å². The van der Waals surface area contributed by atoms with E-state index in [1.54, 1.807) is 13.8 Å². The van der Waals surface area contributed by atoms with Gasteiger partial charge in [-0.15, -0.1) is 23.2 Å². The third-order valence-electron chi connectivity index (χ3n) is 2.30. The number of hydrogen-bond donors (Lipinski definition) is 1. The molecule has 0 radical (unpaired) electrons. The molecule has 19 heavy (non-hydrogen) atoms. The Morgan fingerprint density at radius 1 is 1.42 bits per heavy atom. The fourth-order valence-corrected chi connectivity index (χ4v) is 1.58. The van der Waals surface area contributed by atoms with Crippen molar-refractivity contribution >= 4 is 17.4 Å². The van der Waals surface area contributed by atoms with Crippen molar-refractivity contribution in [3.63, 3.8) is 0 Å². The van der Waals surface area contributed by atoms with E-state index in [1.165, 1.54) is 12.1 Å². The summed E-state index contributed by atoms with van der Waals surface area (Å²) >= 11 is 5.76. The van der Waals surface area contributed by atoms with E-state index in [0.717, 1.165) is 0 Å². The molecule has 0 heterocycles. The molecule has 1 N–H and O–H groups in total. The Morgan fingerprint density at radius 2 is 2.00 bits per heavy atom. The van der Waals surface area contributed by atoms with Crippen molar-refractivity contribution in [2.24, 2.45) is 5.92 Å². The van der Waals surface area contributed by atoms with Crippen molar-refractivity contribution in [2.45, 2.75) is 13.8 Å². The van der Waals surface area contributed by atoms with Gasteiger partial charge in [0.15, 0.2) is 0 Å². The summed E-state index contributed by atoms with van der Waals surface area (Å²) < 4.78 is 0. The maximum absolute atomic E-state index is 11.5. The first-order chi connectivity index (χ1) is 8.57.